The van der Waals surface area contributed by atoms with E-state index in [1.165, 1.54) is 18.6 Å². The molecule has 0 N–H and O–H groups in total. The number of halogens is 1. The lowest BCUT2D eigenvalue weighted by Gasteiger charge is -2.35. The Balaban J connectivity index is 2.20. The Kier molecular flexibility index (Phi) is 4.31. The van der Waals surface area contributed by atoms with E-state index in [0.717, 1.165) is 18.4 Å². The monoisotopic (exact) mass is 276 g/mol. The third kappa shape index (κ3) is 3.11. The Labute approximate surface area is 121 Å². The van der Waals surface area contributed by atoms with Crippen molar-refractivity contribution < 1.29 is 9.18 Å². The lowest BCUT2D eigenvalue weighted by molar-refractivity contribution is -0.129. The van der Waals surface area contributed by atoms with Crippen LogP contribution in [0.15, 0.2) is 24.3 Å². The van der Waals surface area contributed by atoms with Gasteiger partial charge in [-0.1, -0.05) is 26.0 Å². The van der Waals surface area contributed by atoms with E-state index in [4.69, 9.17) is 0 Å². The molecule has 0 heterocycles. The topological polar surface area (TPSA) is 17.1 Å². The predicted molar refractivity (Wildman–Crippen MR) is 80.1 cm³/mol. The molecule has 2 heteroatoms. The van der Waals surface area contributed by atoms with Gasteiger partial charge in [0.25, 0.3) is 0 Å². The van der Waals surface area contributed by atoms with Gasteiger partial charge in [-0.05, 0) is 62.6 Å². The zero-order valence-electron chi connectivity index (χ0n) is 12.9. The average Bonchev–Trinajstić information content (AvgIpc) is 2.37. The van der Waals surface area contributed by atoms with Crippen LogP contribution in [0.1, 0.15) is 52.5 Å². The van der Waals surface area contributed by atoms with Crippen molar-refractivity contribution in [2.45, 2.75) is 52.4 Å². The number of rotatable bonds is 3. The van der Waals surface area contributed by atoms with Gasteiger partial charge in [0.15, 0.2) is 0 Å². The maximum absolute atomic E-state index is 13.0. The second kappa shape index (κ2) is 5.67. The highest BCUT2D eigenvalue weighted by molar-refractivity contribution is 5.91. The summed E-state index contributed by atoms with van der Waals surface area (Å²) in [5.74, 6) is 1.45. The molecule has 1 aliphatic rings. The van der Waals surface area contributed by atoms with Gasteiger partial charge in [0.2, 0.25) is 0 Å². The predicted octanol–water partition coefficient (Wildman–Crippen LogP) is 4.74. The maximum atomic E-state index is 13.0. The summed E-state index contributed by atoms with van der Waals surface area (Å²) in [6.07, 6.45) is 3.21. The number of Topliss-reactive ketones (excluding diaryl/α,β-unsaturated/α-hetero) is 1. The highest BCUT2D eigenvalue weighted by atomic mass is 19.1. The van der Waals surface area contributed by atoms with Crippen LogP contribution in [0, 0.1) is 23.6 Å². The number of carbonyl (C=O) groups is 1. The zero-order chi connectivity index (χ0) is 14.9. The van der Waals surface area contributed by atoms with Gasteiger partial charge in [0.05, 0.1) is 0 Å². The summed E-state index contributed by atoms with van der Waals surface area (Å²) in [5, 5.41) is 0. The van der Waals surface area contributed by atoms with Crippen LogP contribution in [0.5, 0.6) is 0 Å². The Bertz CT molecular complexity index is 465. The lowest BCUT2D eigenvalue weighted by atomic mass is 9.68. The normalized spacial score (nSPS) is 27.4. The van der Waals surface area contributed by atoms with Crippen molar-refractivity contribution in [1.82, 2.24) is 0 Å². The van der Waals surface area contributed by atoms with Gasteiger partial charge in [0, 0.05) is 11.3 Å². The van der Waals surface area contributed by atoms with E-state index in [9.17, 15) is 9.18 Å². The average molecular weight is 276 g/mol. The number of benzene rings is 1. The van der Waals surface area contributed by atoms with Crippen molar-refractivity contribution in [2.24, 2.45) is 17.8 Å². The van der Waals surface area contributed by atoms with Crippen molar-refractivity contribution in [3.8, 4) is 0 Å². The van der Waals surface area contributed by atoms with E-state index < -0.39 is 5.41 Å². The third-order valence-corrected chi connectivity index (χ3v) is 4.73. The summed E-state index contributed by atoms with van der Waals surface area (Å²) < 4.78 is 13.0. The van der Waals surface area contributed by atoms with Gasteiger partial charge in [0.1, 0.15) is 11.6 Å². The van der Waals surface area contributed by atoms with E-state index in [1.54, 1.807) is 12.1 Å². The molecule has 20 heavy (non-hydrogen) atoms. The van der Waals surface area contributed by atoms with E-state index >= 15 is 0 Å². The SMILES string of the molecule is CC1CC(C)CC(C(=O)C(C)(C)c2ccc(F)cc2)C1. The molecule has 0 spiro atoms. The first-order valence-corrected chi connectivity index (χ1v) is 7.61. The van der Waals surface area contributed by atoms with Crippen LogP contribution in [-0.2, 0) is 10.2 Å². The molecule has 2 atom stereocenters. The molecule has 1 aromatic rings. The summed E-state index contributed by atoms with van der Waals surface area (Å²) in [4.78, 5) is 12.9. The van der Waals surface area contributed by atoms with Crippen LogP contribution in [0.3, 0.4) is 0 Å². The van der Waals surface area contributed by atoms with Crippen molar-refractivity contribution in [1.29, 1.82) is 0 Å². The van der Waals surface area contributed by atoms with Crippen LogP contribution in [0.4, 0.5) is 4.39 Å². The van der Waals surface area contributed by atoms with Gasteiger partial charge >= 0.3 is 0 Å². The van der Waals surface area contributed by atoms with E-state index in [2.05, 4.69) is 13.8 Å². The molecule has 1 fully saturated rings. The fraction of sp³-hybridized carbons (Fsp3) is 0.611. The maximum Gasteiger partial charge on any atom is 0.145 e. The summed E-state index contributed by atoms with van der Waals surface area (Å²) in [6.45, 7) is 8.40. The molecule has 0 radical (unpaired) electrons. The Morgan fingerprint density at radius 1 is 1.05 bits per heavy atom. The quantitative estimate of drug-likeness (QED) is 0.779. The minimum absolute atomic E-state index is 0.147. The van der Waals surface area contributed by atoms with Crippen LogP contribution in [0.25, 0.3) is 0 Å². The fourth-order valence-electron chi connectivity index (χ4n) is 3.68. The molecule has 1 saturated carbocycles. The minimum atomic E-state index is -0.533. The smallest absolute Gasteiger partial charge is 0.145 e. The molecule has 0 bridgehead atoms. The molecule has 1 aromatic carbocycles. The molecule has 0 saturated heterocycles. The van der Waals surface area contributed by atoms with Crippen molar-refractivity contribution >= 4 is 5.78 Å². The van der Waals surface area contributed by atoms with Gasteiger partial charge in [-0.15, -0.1) is 0 Å². The first-order chi connectivity index (χ1) is 9.30. The summed E-state index contributed by atoms with van der Waals surface area (Å²) >= 11 is 0. The first-order valence-electron chi connectivity index (χ1n) is 7.61. The van der Waals surface area contributed by atoms with E-state index in [0.29, 0.717) is 17.6 Å². The van der Waals surface area contributed by atoms with Gasteiger partial charge in [-0.2, -0.15) is 0 Å². The number of hydrogen-bond donors (Lipinski definition) is 0. The number of ketones is 1. The van der Waals surface area contributed by atoms with E-state index in [-0.39, 0.29) is 11.7 Å². The Morgan fingerprint density at radius 3 is 2.05 bits per heavy atom. The van der Waals surface area contributed by atoms with Crippen LogP contribution in [0.2, 0.25) is 0 Å². The number of carbonyl (C=O) groups excluding carboxylic acids is 1. The largest absolute Gasteiger partial charge is 0.298 e. The Hall–Kier alpha value is -1.18. The van der Waals surface area contributed by atoms with Crippen LogP contribution < -0.4 is 0 Å². The second-order valence-electron chi connectivity index (χ2n) is 7.11. The summed E-state index contributed by atoms with van der Waals surface area (Å²) in [6, 6.07) is 6.36. The molecule has 110 valence electrons. The third-order valence-electron chi connectivity index (χ3n) is 4.73. The summed E-state index contributed by atoms with van der Waals surface area (Å²) in [7, 11) is 0. The molecule has 1 nitrogen and oxygen atoms in total. The van der Waals surface area contributed by atoms with Crippen molar-refractivity contribution in [3.63, 3.8) is 0 Å². The number of hydrogen-bond acceptors (Lipinski definition) is 1. The van der Waals surface area contributed by atoms with E-state index in [1.807, 2.05) is 13.8 Å². The van der Waals surface area contributed by atoms with Gasteiger partial charge in [-0.25, -0.2) is 4.39 Å². The summed E-state index contributed by atoms with van der Waals surface area (Å²) in [5.41, 5.74) is 0.379. The lowest BCUT2D eigenvalue weighted by Crippen LogP contribution is -2.38. The molecule has 0 aliphatic heterocycles. The zero-order valence-corrected chi connectivity index (χ0v) is 12.9. The van der Waals surface area contributed by atoms with Gasteiger partial charge < -0.3 is 0 Å². The highest BCUT2D eigenvalue weighted by Gasteiger charge is 2.38. The van der Waals surface area contributed by atoms with Gasteiger partial charge in [-0.3, -0.25) is 4.79 Å². The molecule has 2 unspecified atom stereocenters. The standard InChI is InChI=1S/C18H25FO/c1-12-9-13(2)11-14(10-12)17(20)18(3,4)15-5-7-16(19)8-6-15/h5-8,12-14H,9-11H2,1-4H3. The fourth-order valence-corrected chi connectivity index (χ4v) is 3.68. The first kappa shape index (κ1) is 15.2. The molecule has 0 amide bonds. The van der Waals surface area contributed by atoms with Crippen molar-refractivity contribution in [3.05, 3.63) is 35.6 Å². The highest BCUT2D eigenvalue weighted by Crippen LogP contribution is 2.38. The van der Waals surface area contributed by atoms with Crippen molar-refractivity contribution in [2.75, 3.05) is 0 Å². The van der Waals surface area contributed by atoms with Crippen LogP contribution in [-0.4, -0.2) is 5.78 Å². The molecular formula is C18H25FO. The Morgan fingerprint density at radius 2 is 1.55 bits per heavy atom. The molecular weight excluding hydrogens is 251 g/mol. The van der Waals surface area contributed by atoms with Crippen LogP contribution >= 0.6 is 0 Å². The second-order valence-corrected chi connectivity index (χ2v) is 7.11. The molecule has 0 aromatic heterocycles. The molecule has 2 rings (SSSR count). The minimum Gasteiger partial charge on any atom is -0.298 e. The molecule has 1 aliphatic carbocycles.